The summed E-state index contributed by atoms with van der Waals surface area (Å²) in [6.45, 7) is 8.01. The van der Waals surface area contributed by atoms with Crippen molar-refractivity contribution < 1.29 is 19.2 Å². The van der Waals surface area contributed by atoms with Gasteiger partial charge in [-0.25, -0.2) is 0 Å². The molecule has 0 aromatic heterocycles. The van der Waals surface area contributed by atoms with Gasteiger partial charge in [-0.15, -0.1) is 0 Å². The van der Waals surface area contributed by atoms with E-state index in [1.165, 1.54) is 12.1 Å². The van der Waals surface area contributed by atoms with Crippen LogP contribution in [-0.4, -0.2) is 29.9 Å². The average molecular weight is 411 g/mol. The van der Waals surface area contributed by atoms with E-state index in [9.17, 15) is 19.7 Å². The fourth-order valence-corrected chi connectivity index (χ4v) is 3.43. The number of hydrogen-bond donors (Lipinski definition) is 1. The van der Waals surface area contributed by atoms with E-state index in [-0.39, 0.29) is 23.8 Å². The number of ether oxygens (including phenoxy) is 1. The van der Waals surface area contributed by atoms with Gasteiger partial charge in [0.15, 0.2) is 0 Å². The molecule has 2 amide bonds. The standard InChI is InChI=1S/C22H25N3O5/c1-5-11-24-18-12-15(9-10-19(18)30-13-22(3,4)21(24)27)23-20(26)16-7-6-8-17(14(16)2)25(28)29/h6-10,12H,5,11,13H2,1-4H3,(H,23,26). The number of amides is 2. The van der Waals surface area contributed by atoms with E-state index < -0.39 is 16.2 Å². The predicted molar refractivity (Wildman–Crippen MR) is 114 cm³/mol. The predicted octanol–water partition coefficient (Wildman–Crippen LogP) is 4.32. The zero-order valence-corrected chi connectivity index (χ0v) is 17.5. The van der Waals surface area contributed by atoms with Crippen molar-refractivity contribution in [2.24, 2.45) is 5.41 Å². The Kier molecular flexibility index (Phi) is 5.78. The molecule has 0 aliphatic carbocycles. The lowest BCUT2D eigenvalue weighted by atomic mass is 9.93. The number of hydrogen-bond acceptors (Lipinski definition) is 5. The maximum absolute atomic E-state index is 13.0. The largest absolute Gasteiger partial charge is 0.490 e. The number of nitro groups is 1. The van der Waals surface area contributed by atoms with Gasteiger partial charge in [0, 0.05) is 29.4 Å². The molecule has 0 unspecified atom stereocenters. The second kappa shape index (κ2) is 8.14. The Morgan fingerprint density at radius 1 is 1.30 bits per heavy atom. The van der Waals surface area contributed by atoms with E-state index in [1.807, 2.05) is 20.8 Å². The highest BCUT2D eigenvalue weighted by Crippen LogP contribution is 2.38. The van der Waals surface area contributed by atoms with Crippen LogP contribution in [0.4, 0.5) is 17.1 Å². The van der Waals surface area contributed by atoms with E-state index in [0.29, 0.717) is 29.2 Å². The third-order valence-electron chi connectivity index (χ3n) is 5.11. The zero-order valence-electron chi connectivity index (χ0n) is 17.5. The van der Waals surface area contributed by atoms with E-state index in [1.54, 1.807) is 36.1 Å². The van der Waals surface area contributed by atoms with Crippen LogP contribution in [0.25, 0.3) is 0 Å². The Balaban J connectivity index is 1.94. The highest BCUT2D eigenvalue weighted by molar-refractivity contribution is 6.07. The molecule has 1 aliphatic heterocycles. The second-order valence-electron chi connectivity index (χ2n) is 7.97. The maximum Gasteiger partial charge on any atom is 0.273 e. The van der Waals surface area contributed by atoms with Crippen molar-refractivity contribution in [3.05, 3.63) is 57.6 Å². The van der Waals surface area contributed by atoms with Crippen LogP contribution in [0.1, 0.15) is 43.1 Å². The minimum Gasteiger partial charge on any atom is -0.490 e. The van der Waals surface area contributed by atoms with Gasteiger partial charge in [0.2, 0.25) is 5.91 Å². The monoisotopic (exact) mass is 411 g/mol. The van der Waals surface area contributed by atoms with Crippen molar-refractivity contribution in [2.75, 3.05) is 23.4 Å². The van der Waals surface area contributed by atoms with Crippen molar-refractivity contribution in [1.29, 1.82) is 0 Å². The van der Waals surface area contributed by atoms with E-state index in [2.05, 4.69) is 5.32 Å². The number of fused-ring (bicyclic) bond motifs is 1. The number of benzene rings is 2. The van der Waals surface area contributed by atoms with Crippen LogP contribution in [0.15, 0.2) is 36.4 Å². The van der Waals surface area contributed by atoms with E-state index in [4.69, 9.17) is 4.74 Å². The molecule has 0 atom stereocenters. The smallest absolute Gasteiger partial charge is 0.273 e. The summed E-state index contributed by atoms with van der Waals surface area (Å²) < 4.78 is 5.87. The van der Waals surface area contributed by atoms with Crippen molar-refractivity contribution in [3.63, 3.8) is 0 Å². The van der Waals surface area contributed by atoms with Gasteiger partial charge in [0.25, 0.3) is 11.6 Å². The van der Waals surface area contributed by atoms with Gasteiger partial charge >= 0.3 is 0 Å². The molecule has 2 aromatic carbocycles. The molecule has 30 heavy (non-hydrogen) atoms. The lowest BCUT2D eigenvalue weighted by molar-refractivity contribution is -0.385. The van der Waals surface area contributed by atoms with Crippen LogP contribution >= 0.6 is 0 Å². The summed E-state index contributed by atoms with van der Waals surface area (Å²) >= 11 is 0. The van der Waals surface area contributed by atoms with Crippen LogP contribution in [0.3, 0.4) is 0 Å². The van der Waals surface area contributed by atoms with Crippen LogP contribution in [-0.2, 0) is 4.79 Å². The molecule has 158 valence electrons. The second-order valence-corrected chi connectivity index (χ2v) is 7.97. The van der Waals surface area contributed by atoms with Crippen molar-refractivity contribution in [3.8, 4) is 5.75 Å². The summed E-state index contributed by atoms with van der Waals surface area (Å²) in [5, 5.41) is 13.9. The SMILES string of the molecule is CCCN1C(=O)C(C)(C)COc2ccc(NC(=O)c3cccc([N+](=O)[O-])c3C)cc21. The lowest BCUT2D eigenvalue weighted by Gasteiger charge is -2.27. The van der Waals surface area contributed by atoms with E-state index in [0.717, 1.165) is 6.42 Å². The Morgan fingerprint density at radius 3 is 2.70 bits per heavy atom. The summed E-state index contributed by atoms with van der Waals surface area (Å²) in [6, 6.07) is 9.50. The molecule has 3 rings (SSSR count). The van der Waals surface area contributed by atoms with Gasteiger partial charge in [0.1, 0.15) is 12.4 Å². The molecule has 1 heterocycles. The van der Waals surface area contributed by atoms with Gasteiger partial charge in [-0.05, 0) is 51.5 Å². The first kappa shape index (κ1) is 21.3. The van der Waals surface area contributed by atoms with Crippen molar-refractivity contribution in [2.45, 2.75) is 34.1 Å². The Hall–Kier alpha value is -3.42. The number of nitro benzene ring substituents is 1. The Morgan fingerprint density at radius 2 is 2.03 bits per heavy atom. The van der Waals surface area contributed by atoms with Gasteiger partial charge < -0.3 is 15.0 Å². The number of nitrogens with one attached hydrogen (secondary N) is 1. The first-order valence-electron chi connectivity index (χ1n) is 9.80. The minimum atomic E-state index is -0.669. The van der Waals surface area contributed by atoms with Gasteiger partial charge in [-0.1, -0.05) is 13.0 Å². The Bertz CT molecular complexity index is 1020. The molecule has 2 aromatic rings. The fourth-order valence-electron chi connectivity index (χ4n) is 3.43. The molecule has 8 heteroatoms. The normalized spacial score (nSPS) is 15.1. The first-order chi connectivity index (χ1) is 14.2. The lowest BCUT2D eigenvalue weighted by Crippen LogP contribution is -2.42. The zero-order chi connectivity index (χ0) is 22.1. The minimum absolute atomic E-state index is 0.0406. The number of rotatable bonds is 5. The molecule has 0 bridgehead atoms. The number of carbonyl (C=O) groups excluding carboxylic acids is 2. The maximum atomic E-state index is 13.0. The number of carbonyl (C=O) groups is 2. The molecule has 0 fully saturated rings. The summed E-state index contributed by atoms with van der Waals surface area (Å²) in [5.74, 6) is 0.0763. The molecule has 8 nitrogen and oxygen atoms in total. The third kappa shape index (κ3) is 3.98. The highest BCUT2D eigenvalue weighted by Gasteiger charge is 2.37. The molecule has 1 aliphatic rings. The third-order valence-corrected chi connectivity index (χ3v) is 5.11. The molecular weight excluding hydrogens is 386 g/mol. The molecule has 0 saturated carbocycles. The van der Waals surface area contributed by atoms with Crippen LogP contribution in [0, 0.1) is 22.5 Å². The molecule has 0 spiro atoms. The first-order valence-corrected chi connectivity index (χ1v) is 9.80. The van der Waals surface area contributed by atoms with Crippen LogP contribution in [0.2, 0.25) is 0 Å². The van der Waals surface area contributed by atoms with Gasteiger partial charge in [-0.2, -0.15) is 0 Å². The molecule has 0 radical (unpaired) electrons. The van der Waals surface area contributed by atoms with Crippen molar-refractivity contribution in [1.82, 2.24) is 0 Å². The topological polar surface area (TPSA) is 102 Å². The summed E-state index contributed by atoms with van der Waals surface area (Å²) in [7, 11) is 0. The molecule has 0 saturated heterocycles. The highest BCUT2D eigenvalue weighted by atomic mass is 16.6. The molecular formula is C22H25N3O5. The van der Waals surface area contributed by atoms with Crippen LogP contribution in [0.5, 0.6) is 5.75 Å². The quantitative estimate of drug-likeness (QED) is 0.583. The average Bonchev–Trinajstić information content (AvgIpc) is 2.78. The Labute approximate surface area is 175 Å². The summed E-state index contributed by atoms with van der Waals surface area (Å²) in [4.78, 5) is 38.1. The van der Waals surface area contributed by atoms with Crippen LogP contribution < -0.4 is 15.0 Å². The van der Waals surface area contributed by atoms with E-state index >= 15 is 0 Å². The van der Waals surface area contributed by atoms with Gasteiger partial charge in [0.05, 0.1) is 16.0 Å². The number of nitrogens with zero attached hydrogens (tertiary/aromatic N) is 2. The number of anilines is 2. The summed E-state index contributed by atoms with van der Waals surface area (Å²) in [6.07, 6.45) is 0.769. The fraction of sp³-hybridized carbons (Fsp3) is 0.364. The summed E-state index contributed by atoms with van der Waals surface area (Å²) in [5.41, 5.74) is 0.806. The van der Waals surface area contributed by atoms with Gasteiger partial charge in [-0.3, -0.25) is 19.7 Å². The molecule has 1 N–H and O–H groups in total. The van der Waals surface area contributed by atoms with Crippen molar-refractivity contribution >= 4 is 28.9 Å².